The second-order valence-electron chi connectivity index (χ2n) is 11.4. The molecule has 3 aromatic carbocycles. The van der Waals surface area contributed by atoms with Crippen molar-refractivity contribution < 1.29 is 18.7 Å². The van der Waals surface area contributed by atoms with Gasteiger partial charge < -0.3 is 19.2 Å². The van der Waals surface area contributed by atoms with Crippen LogP contribution in [0.1, 0.15) is 77.0 Å². The van der Waals surface area contributed by atoms with Crippen LogP contribution in [0.5, 0.6) is 17.2 Å². The van der Waals surface area contributed by atoms with Crippen LogP contribution in [0.25, 0.3) is 11.0 Å². The molecule has 204 valence electrons. The van der Waals surface area contributed by atoms with E-state index in [1.54, 1.807) is 18.2 Å². The van der Waals surface area contributed by atoms with Gasteiger partial charge >= 0.3 is 0 Å². The molecule has 0 saturated heterocycles. The molecule has 1 N–H and O–H groups in total. The van der Waals surface area contributed by atoms with Crippen LogP contribution in [0.4, 0.5) is 5.69 Å². The van der Waals surface area contributed by atoms with Crippen LogP contribution in [0, 0.1) is 0 Å². The zero-order chi connectivity index (χ0) is 28.3. The highest BCUT2D eigenvalue weighted by atomic mass is 16.5. The average molecular weight is 528 g/mol. The molecule has 0 radical (unpaired) electrons. The lowest BCUT2D eigenvalue weighted by Gasteiger charge is -2.20. The molecule has 0 unspecified atom stereocenters. The molecule has 4 rings (SSSR count). The summed E-state index contributed by atoms with van der Waals surface area (Å²) in [6.45, 7) is 14.7. The molecule has 1 amide bonds. The summed E-state index contributed by atoms with van der Waals surface area (Å²) < 4.78 is 17.3. The summed E-state index contributed by atoms with van der Waals surface area (Å²) >= 11 is 0. The highest BCUT2D eigenvalue weighted by Gasteiger charge is 2.17. The number of benzene rings is 3. The molecule has 4 aromatic rings. The lowest BCUT2D eigenvalue weighted by molar-refractivity contribution is -0.118. The number of hydrogen-bond donors (Lipinski definition) is 1. The van der Waals surface area contributed by atoms with Crippen molar-refractivity contribution in [1.29, 1.82) is 0 Å². The molecule has 0 aliphatic heterocycles. The summed E-state index contributed by atoms with van der Waals surface area (Å²) in [5.41, 5.74) is 4.28. The molecule has 0 aliphatic rings. The number of amides is 1. The minimum atomic E-state index is -0.285. The Bertz CT molecular complexity index is 1500. The Balaban J connectivity index is 1.46. The van der Waals surface area contributed by atoms with Crippen LogP contribution in [0.3, 0.4) is 0 Å². The molecule has 0 spiro atoms. The van der Waals surface area contributed by atoms with Crippen LogP contribution in [0.2, 0.25) is 0 Å². The third kappa shape index (κ3) is 6.51. The Morgan fingerprint density at radius 1 is 0.897 bits per heavy atom. The molecule has 0 saturated carbocycles. The first kappa shape index (κ1) is 28.0. The van der Waals surface area contributed by atoms with Crippen molar-refractivity contribution in [1.82, 2.24) is 0 Å². The number of nitrogens with one attached hydrogen (secondary N) is 1. The smallest absolute Gasteiger partial charge is 0.262 e. The summed E-state index contributed by atoms with van der Waals surface area (Å²) in [7, 11) is 0. The number of carbonyl (C=O) groups excluding carboxylic acids is 1. The molecule has 39 heavy (non-hydrogen) atoms. The van der Waals surface area contributed by atoms with E-state index < -0.39 is 0 Å². The Hall–Kier alpha value is -4.06. The summed E-state index contributed by atoms with van der Waals surface area (Å²) in [6, 6.07) is 18.6. The lowest BCUT2D eigenvalue weighted by Crippen LogP contribution is -2.22. The van der Waals surface area contributed by atoms with Gasteiger partial charge in [0, 0.05) is 11.8 Å². The number of ether oxygens (including phenoxy) is 2. The molecule has 0 aliphatic carbocycles. The molecular formula is C33H37NO5. The minimum absolute atomic E-state index is 0.0244. The predicted octanol–water partition coefficient (Wildman–Crippen LogP) is 8.15. The van der Waals surface area contributed by atoms with Crippen LogP contribution >= 0.6 is 0 Å². The summed E-state index contributed by atoms with van der Waals surface area (Å²) in [6.07, 6.45) is 1.30. The molecule has 0 bridgehead atoms. The van der Waals surface area contributed by atoms with Gasteiger partial charge in [0.25, 0.3) is 5.91 Å². The first-order valence-corrected chi connectivity index (χ1v) is 13.3. The normalized spacial score (nSPS) is 11.7. The zero-order valence-corrected chi connectivity index (χ0v) is 23.8. The van der Waals surface area contributed by atoms with Crippen molar-refractivity contribution in [2.24, 2.45) is 0 Å². The van der Waals surface area contributed by atoms with Crippen molar-refractivity contribution in [3.8, 4) is 17.2 Å². The van der Waals surface area contributed by atoms with Gasteiger partial charge in [0.1, 0.15) is 23.3 Å². The number of hydrogen-bond acceptors (Lipinski definition) is 5. The monoisotopic (exact) mass is 527 g/mol. The predicted molar refractivity (Wildman–Crippen MR) is 156 cm³/mol. The highest BCUT2D eigenvalue weighted by molar-refractivity contribution is 5.94. The number of anilines is 1. The molecule has 0 fully saturated rings. The summed E-state index contributed by atoms with van der Waals surface area (Å²) in [5.74, 6) is 1.35. The van der Waals surface area contributed by atoms with E-state index in [0.717, 1.165) is 16.8 Å². The molecule has 6 heteroatoms. The lowest BCUT2D eigenvalue weighted by atomic mass is 9.87. The van der Waals surface area contributed by atoms with Gasteiger partial charge in [-0.2, -0.15) is 0 Å². The van der Waals surface area contributed by atoms with Crippen LogP contribution < -0.4 is 20.2 Å². The van der Waals surface area contributed by atoms with E-state index >= 15 is 0 Å². The van der Waals surface area contributed by atoms with Gasteiger partial charge in [0.15, 0.2) is 6.61 Å². The first-order chi connectivity index (χ1) is 18.4. The molecule has 6 nitrogen and oxygen atoms in total. The van der Waals surface area contributed by atoms with Crippen molar-refractivity contribution in [3.63, 3.8) is 0 Å². The maximum absolute atomic E-state index is 13.0. The third-order valence-electron chi connectivity index (χ3n) is 6.67. The Kier molecular flexibility index (Phi) is 8.14. The van der Waals surface area contributed by atoms with E-state index in [1.165, 1.54) is 11.8 Å². The van der Waals surface area contributed by atoms with Gasteiger partial charge in [-0.1, -0.05) is 78.8 Å². The fourth-order valence-corrected chi connectivity index (χ4v) is 4.42. The average Bonchev–Trinajstić information content (AvgIpc) is 2.88. The van der Waals surface area contributed by atoms with E-state index in [2.05, 4.69) is 53.8 Å². The molecule has 0 atom stereocenters. The van der Waals surface area contributed by atoms with Gasteiger partial charge in [-0.25, -0.2) is 0 Å². The van der Waals surface area contributed by atoms with Crippen LogP contribution in [-0.4, -0.2) is 12.5 Å². The zero-order valence-electron chi connectivity index (χ0n) is 23.8. The Morgan fingerprint density at radius 2 is 1.51 bits per heavy atom. The minimum Gasteiger partial charge on any atom is -0.484 e. The van der Waals surface area contributed by atoms with Gasteiger partial charge in [-0.05, 0) is 58.2 Å². The van der Waals surface area contributed by atoms with E-state index in [9.17, 15) is 9.59 Å². The first-order valence-electron chi connectivity index (χ1n) is 13.3. The molecular weight excluding hydrogens is 490 g/mol. The maximum Gasteiger partial charge on any atom is 0.262 e. The van der Waals surface area contributed by atoms with Crippen molar-refractivity contribution in [2.45, 2.75) is 65.7 Å². The molecule has 1 heterocycles. The summed E-state index contributed by atoms with van der Waals surface area (Å²) in [4.78, 5) is 25.8. The Morgan fingerprint density at radius 3 is 2.10 bits per heavy atom. The third-order valence-corrected chi connectivity index (χ3v) is 6.67. The second kappa shape index (κ2) is 11.4. The van der Waals surface area contributed by atoms with E-state index in [0.29, 0.717) is 22.5 Å². The van der Waals surface area contributed by atoms with Gasteiger partial charge in [0.2, 0.25) is 11.2 Å². The summed E-state index contributed by atoms with van der Waals surface area (Å²) in [5, 5.41) is 3.41. The maximum atomic E-state index is 13.0. The standard InChI is InChI=1S/C33H37NO5/c1-20(2)25-9-8-10-26(21(3)4)31(25)34-30(35)19-37-24-15-16-27-28(17-24)38-18-29(32(27)36)39-23-13-11-22(12-14-23)33(5,6)7/h8-18,20-21H,19H2,1-7H3,(H,34,35). The van der Waals surface area contributed by atoms with Crippen LogP contribution in [-0.2, 0) is 10.2 Å². The Labute approximate surface area is 230 Å². The van der Waals surface area contributed by atoms with E-state index in [-0.39, 0.29) is 40.9 Å². The van der Waals surface area contributed by atoms with Gasteiger partial charge in [-0.15, -0.1) is 0 Å². The quantitative estimate of drug-likeness (QED) is 0.250. The molecule has 1 aromatic heterocycles. The van der Waals surface area contributed by atoms with Gasteiger partial charge in [-0.3, -0.25) is 9.59 Å². The number of carbonyl (C=O) groups is 1. The van der Waals surface area contributed by atoms with Crippen molar-refractivity contribution in [3.05, 3.63) is 93.8 Å². The largest absolute Gasteiger partial charge is 0.484 e. The number of para-hydroxylation sites is 1. The van der Waals surface area contributed by atoms with E-state index in [1.807, 2.05) is 42.5 Å². The fourth-order valence-electron chi connectivity index (χ4n) is 4.42. The fraction of sp³-hybridized carbons (Fsp3) is 0.333. The highest BCUT2D eigenvalue weighted by Crippen LogP contribution is 2.32. The van der Waals surface area contributed by atoms with Crippen molar-refractivity contribution in [2.75, 3.05) is 11.9 Å². The van der Waals surface area contributed by atoms with Crippen molar-refractivity contribution >= 4 is 22.6 Å². The SMILES string of the molecule is CC(C)c1cccc(C(C)C)c1NC(=O)COc1ccc2c(=O)c(Oc3ccc(C(C)(C)C)cc3)coc2c1. The number of fused-ring (bicyclic) bond motifs is 1. The number of rotatable bonds is 8. The van der Waals surface area contributed by atoms with Gasteiger partial charge in [0.05, 0.1) is 5.39 Å². The topological polar surface area (TPSA) is 77.8 Å². The second-order valence-corrected chi connectivity index (χ2v) is 11.4. The van der Waals surface area contributed by atoms with E-state index in [4.69, 9.17) is 13.9 Å². The van der Waals surface area contributed by atoms with Crippen LogP contribution in [0.15, 0.2) is 76.1 Å².